The lowest BCUT2D eigenvalue weighted by molar-refractivity contribution is 0.463. The van der Waals surface area contributed by atoms with Crippen LogP contribution in [0.25, 0.3) is 0 Å². The molecule has 0 aromatic heterocycles. The molecule has 0 aliphatic rings. The summed E-state index contributed by atoms with van der Waals surface area (Å²) < 4.78 is 0. The van der Waals surface area contributed by atoms with Crippen molar-refractivity contribution < 1.29 is 0 Å². The van der Waals surface area contributed by atoms with E-state index in [9.17, 15) is 0 Å². The van der Waals surface area contributed by atoms with Crippen molar-refractivity contribution in [2.24, 2.45) is 0 Å². The van der Waals surface area contributed by atoms with E-state index in [1.807, 2.05) is 28.2 Å². The van der Waals surface area contributed by atoms with Gasteiger partial charge in [0.1, 0.15) is 0 Å². The van der Waals surface area contributed by atoms with E-state index in [1.165, 1.54) is 0 Å². The maximum absolute atomic E-state index is 3.15. The zero-order valence-corrected chi connectivity index (χ0v) is 10.4. The number of hydrogen-bond donors (Lipinski definition) is 0. The van der Waals surface area contributed by atoms with Gasteiger partial charge in [0.05, 0.1) is 13.1 Å². The van der Waals surface area contributed by atoms with E-state index >= 15 is 0 Å². The molecule has 2 heteroatoms. The van der Waals surface area contributed by atoms with Crippen molar-refractivity contribution in [2.75, 3.05) is 41.3 Å². The van der Waals surface area contributed by atoms with Crippen molar-refractivity contribution in [3.8, 4) is 23.7 Å². The first-order chi connectivity index (χ1) is 7.13. The fourth-order valence-corrected chi connectivity index (χ4v) is 0.870. The molecule has 0 rings (SSSR count). The normalized spacial score (nSPS) is 9.47. The minimum atomic E-state index is 0.853. The molecule has 0 aliphatic heterocycles. The highest BCUT2D eigenvalue weighted by Crippen LogP contribution is 1.91. The number of rotatable bonds is 4. The van der Waals surface area contributed by atoms with Gasteiger partial charge in [0.25, 0.3) is 0 Å². The molecule has 0 saturated heterocycles. The van der Waals surface area contributed by atoms with Crippen molar-refractivity contribution in [2.45, 2.75) is 19.3 Å². The van der Waals surface area contributed by atoms with Gasteiger partial charge >= 0.3 is 0 Å². The van der Waals surface area contributed by atoms with Crippen molar-refractivity contribution in [1.82, 2.24) is 9.80 Å². The van der Waals surface area contributed by atoms with Crippen molar-refractivity contribution >= 4 is 0 Å². The van der Waals surface area contributed by atoms with Crippen LogP contribution in [0.3, 0.4) is 0 Å². The van der Waals surface area contributed by atoms with Crippen LogP contribution in [-0.2, 0) is 0 Å². The minimum absolute atomic E-state index is 0.853. The Morgan fingerprint density at radius 1 is 0.667 bits per heavy atom. The zero-order chi connectivity index (χ0) is 11.5. The molecule has 0 saturated carbocycles. The summed E-state index contributed by atoms with van der Waals surface area (Å²) in [6.07, 6.45) is 3.01. The van der Waals surface area contributed by atoms with Gasteiger partial charge in [-0.1, -0.05) is 11.8 Å². The van der Waals surface area contributed by atoms with Crippen molar-refractivity contribution in [1.29, 1.82) is 0 Å². The molecule has 0 atom stereocenters. The molecule has 15 heavy (non-hydrogen) atoms. The van der Waals surface area contributed by atoms with Crippen LogP contribution in [0, 0.1) is 23.7 Å². The van der Waals surface area contributed by atoms with E-state index in [1.54, 1.807) is 0 Å². The molecule has 2 nitrogen and oxygen atoms in total. The third kappa shape index (κ3) is 13.0. The lowest BCUT2D eigenvalue weighted by atomic mass is 10.2. The Morgan fingerprint density at radius 3 is 1.40 bits per heavy atom. The lowest BCUT2D eigenvalue weighted by Crippen LogP contribution is -2.10. The largest absolute Gasteiger partial charge is 0.299 e. The van der Waals surface area contributed by atoms with Crippen LogP contribution in [0.15, 0.2) is 0 Å². The van der Waals surface area contributed by atoms with Crippen LogP contribution in [0.4, 0.5) is 0 Å². The van der Waals surface area contributed by atoms with Crippen molar-refractivity contribution in [3.63, 3.8) is 0 Å². The molecule has 0 spiro atoms. The zero-order valence-electron chi connectivity index (χ0n) is 10.4. The topological polar surface area (TPSA) is 6.48 Å². The summed E-state index contributed by atoms with van der Waals surface area (Å²) in [5.41, 5.74) is 0. The predicted octanol–water partition coefficient (Wildman–Crippen LogP) is 1.29. The van der Waals surface area contributed by atoms with E-state index in [2.05, 4.69) is 33.5 Å². The van der Waals surface area contributed by atoms with Gasteiger partial charge in [0.2, 0.25) is 0 Å². The third-order valence-corrected chi connectivity index (χ3v) is 1.64. The van der Waals surface area contributed by atoms with Gasteiger partial charge in [0, 0.05) is 12.8 Å². The molecule has 0 aromatic carbocycles. The van der Waals surface area contributed by atoms with Gasteiger partial charge in [-0.3, -0.25) is 9.80 Å². The average molecular weight is 206 g/mol. The second-order valence-electron chi connectivity index (χ2n) is 4.04. The Hall–Kier alpha value is -0.960. The Balaban J connectivity index is 3.36. The molecule has 0 unspecified atom stereocenters. The molecule has 84 valence electrons. The van der Waals surface area contributed by atoms with E-state index < -0.39 is 0 Å². The molecule has 0 fully saturated rings. The highest BCUT2D eigenvalue weighted by Gasteiger charge is 1.83. The summed E-state index contributed by atoms with van der Waals surface area (Å²) in [5, 5.41) is 0. The molecular weight excluding hydrogens is 184 g/mol. The van der Waals surface area contributed by atoms with Crippen LogP contribution < -0.4 is 0 Å². The van der Waals surface area contributed by atoms with Gasteiger partial charge in [-0.25, -0.2) is 0 Å². The average Bonchev–Trinajstić information content (AvgIpc) is 2.14. The van der Waals surface area contributed by atoms with E-state index in [-0.39, 0.29) is 0 Å². The smallest absolute Gasteiger partial charge is 0.0596 e. The molecular formula is C13H22N2. The maximum atomic E-state index is 3.15. The fourth-order valence-electron chi connectivity index (χ4n) is 0.870. The first-order valence-corrected chi connectivity index (χ1v) is 5.34. The highest BCUT2D eigenvalue weighted by molar-refractivity contribution is 5.03. The fraction of sp³-hybridized carbons (Fsp3) is 0.692. The van der Waals surface area contributed by atoms with Crippen LogP contribution >= 0.6 is 0 Å². The van der Waals surface area contributed by atoms with Gasteiger partial charge in [0.15, 0.2) is 0 Å². The number of hydrogen-bond acceptors (Lipinski definition) is 2. The van der Waals surface area contributed by atoms with E-state index in [4.69, 9.17) is 0 Å². The van der Waals surface area contributed by atoms with Gasteiger partial charge in [-0.2, -0.15) is 0 Å². The summed E-state index contributed by atoms with van der Waals surface area (Å²) >= 11 is 0. The molecule has 0 bridgehead atoms. The Morgan fingerprint density at radius 2 is 1.07 bits per heavy atom. The van der Waals surface area contributed by atoms with E-state index in [0.717, 1.165) is 32.4 Å². The first-order valence-electron chi connectivity index (χ1n) is 5.34. The van der Waals surface area contributed by atoms with Gasteiger partial charge in [-0.05, 0) is 34.6 Å². The molecule has 0 N–H and O–H groups in total. The highest BCUT2D eigenvalue weighted by atomic mass is 15.0. The molecule has 0 amide bonds. The Labute approximate surface area is 94.6 Å². The summed E-state index contributed by atoms with van der Waals surface area (Å²) in [6, 6.07) is 0. The number of nitrogens with zero attached hydrogens (tertiary/aromatic N) is 2. The molecule has 0 aromatic rings. The molecule has 0 aliphatic carbocycles. The molecule has 0 heterocycles. The standard InChI is InChI=1S/C13H22N2/c1-14(2)12-10-8-6-5-7-9-11-13-15(3)4/h5-7,12-13H2,1-4H3. The summed E-state index contributed by atoms with van der Waals surface area (Å²) in [4.78, 5) is 4.15. The van der Waals surface area contributed by atoms with Crippen LogP contribution in [0.5, 0.6) is 0 Å². The van der Waals surface area contributed by atoms with Crippen LogP contribution in [0.2, 0.25) is 0 Å². The van der Waals surface area contributed by atoms with Crippen molar-refractivity contribution in [3.05, 3.63) is 0 Å². The quantitative estimate of drug-likeness (QED) is 0.505. The van der Waals surface area contributed by atoms with Crippen LogP contribution in [0.1, 0.15) is 19.3 Å². The SMILES string of the molecule is CN(C)CC#CCCCC#CCN(C)C. The third-order valence-electron chi connectivity index (χ3n) is 1.64. The summed E-state index contributed by atoms with van der Waals surface area (Å²) in [7, 11) is 8.12. The second-order valence-corrected chi connectivity index (χ2v) is 4.04. The van der Waals surface area contributed by atoms with Gasteiger partial charge < -0.3 is 0 Å². The maximum Gasteiger partial charge on any atom is 0.0596 e. The van der Waals surface area contributed by atoms with Crippen LogP contribution in [-0.4, -0.2) is 51.1 Å². The summed E-state index contributed by atoms with van der Waals surface area (Å²) in [6.45, 7) is 1.71. The lowest BCUT2D eigenvalue weighted by Gasteiger charge is -2.00. The molecule has 0 radical (unpaired) electrons. The first kappa shape index (κ1) is 14.0. The monoisotopic (exact) mass is 206 g/mol. The number of unbranched alkanes of at least 4 members (excludes halogenated alkanes) is 2. The van der Waals surface area contributed by atoms with E-state index in [0.29, 0.717) is 0 Å². The Bertz CT molecular complexity index is 230. The second kappa shape index (κ2) is 9.59. The van der Waals surface area contributed by atoms with Gasteiger partial charge in [-0.15, -0.1) is 11.8 Å². The predicted molar refractivity (Wildman–Crippen MR) is 66.5 cm³/mol. The summed E-state index contributed by atoms with van der Waals surface area (Å²) in [5.74, 6) is 12.5. The Kier molecular flexibility index (Phi) is 8.98. The minimum Gasteiger partial charge on any atom is -0.299 e.